The van der Waals surface area contributed by atoms with E-state index in [0.717, 1.165) is 20.4 Å². The Bertz CT molecular complexity index is 1110. The van der Waals surface area contributed by atoms with Gasteiger partial charge in [-0.05, 0) is 64.9 Å². The predicted octanol–water partition coefficient (Wildman–Crippen LogP) is 3.43. The molecule has 35 heavy (non-hydrogen) atoms. The van der Waals surface area contributed by atoms with Crippen LogP contribution in [-0.2, 0) is 18.6 Å². The Morgan fingerprint density at radius 1 is 1.03 bits per heavy atom. The Kier molecular flexibility index (Phi) is 9.77. The fraction of sp³-hybridized carbons (Fsp3) is 0.440. The van der Waals surface area contributed by atoms with Crippen molar-refractivity contribution in [2.24, 2.45) is 0 Å². The molecule has 3 N–H and O–H groups in total. The van der Waals surface area contributed by atoms with E-state index in [1.165, 1.54) is 0 Å². The molecule has 0 unspecified atom stereocenters. The quantitative estimate of drug-likeness (QED) is 0.212. The molecule has 0 amide bonds. The van der Waals surface area contributed by atoms with E-state index in [9.17, 15) is 15.3 Å². The molecular formula is C25H31ClIN3O5. The molecule has 2 atom stereocenters. The van der Waals surface area contributed by atoms with E-state index in [4.69, 9.17) is 21.1 Å². The highest BCUT2D eigenvalue weighted by Gasteiger charge is 2.24. The molecule has 190 valence electrons. The lowest BCUT2D eigenvalue weighted by Gasteiger charge is -2.27. The van der Waals surface area contributed by atoms with Crippen LogP contribution in [0.1, 0.15) is 36.4 Å². The van der Waals surface area contributed by atoms with Gasteiger partial charge in [-0.2, -0.15) is 0 Å². The van der Waals surface area contributed by atoms with Gasteiger partial charge in [-0.1, -0.05) is 37.3 Å². The summed E-state index contributed by atoms with van der Waals surface area (Å²) in [6, 6.07) is 13.8. The van der Waals surface area contributed by atoms with Gasteiger partial charge in [0.15, 0.2) is 0 Å². The fourth-order valence-corrected chi connectivity index (χ4v) is 4.29. The summed E-state index contributed by atoms with van der Waals surface area (Å²) in [6.07, 6.45) is -1.47. The Labute approximate surface area is 224 Å². The molecule has 3 rings (SSSR count). The van der Waals surface area contributed by atoms with Crippen LogP contribution in [-0.4, -0.2) is 61.6 Å². The standard InChI is InChI=1S/C25H31ClIN3O5/c1-16-23(13-31)28-29-30(16)12-20(33)15-35-24-9-6-18(10-22(24)27)25(2,3)17-4-7-21(8-5-17)34-14-19(32)11-26/h4-10,19-20,31-33H,11-15H2,1-3H3/t19-,20+/m1/s1. The summed E-state index contributed by atoms with van der Waals surface area (Å²) in [7, 11) is 0. The van der Waals surface area contributed by atoms with Crippen LogP contribution in [0.3, 0.4) is 0 Å². The highest BCUT2D eigenvalue weighted by Crippen LogP contribution is 2.35. The summed E-state index contributed by atoms with van der Waals surface area (Å²) in [6.45, 7) is 6.40. The van der Waals surface area contributed by atoms with Gasteiger partial charge < -0.3 is 24.8 Å². The summed E-state index contributed by atoms with van der Waals surface area (Å²) in [5.74, 6) is 1.51. The maximum atomic E-state index is 10.4. The first-order valence-electron chi connectivity index (χ1n) is 11.2. The lowest BCUT2D eigenvalue weighted by molar-refractivity contribution is 0.0878. The van der Waals surface area contributed by atoms with Crippen LogP contribution in [0.25, 0.3) is 0 Å². The lowest BCUT2D eigenvalue weighted by atomic mass is 9.78. The Balaban J connectivity index is 1.62. The van der Waals surface area contributed by atoms with E-state index in [1.807, 2.05) is 36.4 Å². The van der Waals surface area contributed by atoms with E-state index >= 15 is 0 Å². The Morgan fingerprint density at radius 2 is 1.69 bits per heavy atom. The van der Waals surface area contributed by atoms with Crippen molar-refractivity contribution in [3.05, 3.63) is 68.5 Å². The van der Waals surface area contributed by atoms with Crippen molar-refractivity contribution < 1.29 is 24.8 Å². The zero-order valence-corrected chi connectivity index (χ0v) is 22.9. The highest BCUT2D eigenvalue weighted by atomic mass is 127. The third kappa shape index (κ3) is 7.07. The molecule has 8 nitrogen and oxygen atoms in total. The maximum absolute atomic E-state index is 10.4. The smallest absolute Gasteiger partial charge is 0.132 e. The van der Waals surface area contributed by atoms with E-state index in [0.29, 0.717) is 17.2 Å². The van der Waals surface area contributed by atoms with Crippen molar-refractivity contribution in [1.29, 1.82) is 0 Å². The number of benzene rings is 2. The van der Waals surface area contributed by atoms with Crippen molar-refractivity contribution >= 4 is 34.2 Å². The van der Waals surface area contributed by atoms with Gasteiger partial charge in [-0.15, -0.1) is 16.7 Å². The number of halogens is 2. The van der Waals surface area contributed by atoms with Gasteiger partial charge in [-0.3, -0.25) is 0 Å². The molecule has 3 aromatic rings. The lowest BCUT2D eigenvalue weighted by Crippen LogP contribution is -2.25. The maximum Gasteiger partial charge on any atom is 0.132 e. The number of rotatable bonds is 12. The van der Waals surface area contributed by atoms with Crippen LogP contribution in [0, 0.1) is 10.5 Å². The van der Waals surface area contributed by atoms with Crippen molar-refractivity contribution in [3.8, 4) is 11.5 Å². The van der Waals surface area contributed by atoms with Crippen LogP contribution in [0.15, 0.2) is 42.5 Å². The summed E-state index contributed by atoms with van der Waals surface area (Å²) in [5, 5.41) is 37.0. The number of aliphatic hydroxyl groups is 3. The van der Waals surface area contributed by atoms with Crippen LogP contribution in [0.2, 0.25) is 0 Å². The average molecular weight is 616 g/mol. The van der Waals surface area contributed by atoms with Gasteiger partial charge in [-0.25, -0.2) is 4.68 Å². The van der Waals surface area contributed by atoms with Gasteiger partial charge in [0.25, 0.3) is 0 Å². The largest absolute Gasteiger partial charge is 0.491 e. The molecule has 0 aliphatic carbocycles. The van der Waals surface area contributed by atoms with Crippen molar-refractivity contribution in [3.63, 3.8) is 0 Å². The third-order valence-corrected chi connectivity index (χ3v) is 7.09. The van der Waals surface area contributed by atoms with Gasteiger partial charge in [0.1, 0.15) is 42.6 Å². The normalized spacial score (nSPS) is 13.5. The molecule has 2 aromatic carbocycles. The van der Waals surface area contributed by atoms with E-state index in [2.05, 4.69) is 52.8 Å². The summed E-state index contributed by atoms with van der Waals surface area (Å²) in [4.78, 5) is 0. The first-order valence-corrected chi connectivity index (χ1v) is 12.8. The molecule has 0 aliphatic rings. The molecule has 0 saturated carbocycles. The van der Waals surface area contributed by atoms with E-state index in [1.54, 1.807) is 11.6 Å². The van der Waals surface area contributed by atoms with Crippen molar-refractivity contribution in [2.75, 3.05) is 19.1 Å². The zero-order valence-electron chi connectivity index (χ0n) is 20.0. The predicted molar refractivity (Wildman–Crippen MR) is 142 cm³/mol. The minimum absolute atomic E-state index is 0.104. The molecule has 0 radical (unpaired) electrons. The van der Waals surface area contributed by atoms with E-state index < -0.39 is 12.2 Å². The van der Waals surface area contributed by atoms with Crippen molar-refractivity contribution in [2.45, 2.75) is 51.5 Å². The molecule has 0 saturated heterocycles. The monoisotopic (exact) mass is 615 g/mol. The fourth-order valence-electron chi connectivity index (χ4n) is 3.53. The molecule has 0 fully saturated rings. The second kappa shape index (κ2) is 12.4. The average Bonchev–Trinajstić information content (AvgIpc) is 3.20. The summed E-state index contributed by atoms with van der Waals surface area (Å²) in [5.41, 5.74) is 3.20. The van der Waals surface area contributed by atoms with Gasteiger partial charge in [0.2, 0.25) is 0 Å². The first-order chi connectivity index (χ1) is 16.6. The molecule has 0 aliphatic heterocycles. The minimum Gasteiger partial charge on any atom is -0.491 e. The molecule has 1 aromatic heterocycles. The molecule has 10 heteroatoms. The summed E-state index contributed by atoms with van der Waals surface area (Å²) < 4.78 is 13.9. The van der Waals surface area contributed by atoms with Crippen LogP contribution < -0.4 is 9.47 Å². The topological polar surface area (TPSA) is 110 Å². The minimum atomic E-state index is -0.778. The Morgan fingerprint density at radius 3 is 2.29 bits per heavy atom. The number of alkyl halides is 1. The second-order valence-corrected chi connectivity index (χ2v) is 10.3. The van der Waals surface area contributed by atoms with E-state index in [-0.39, 0.29) is 37.7 Å². The van der Waals surface area contributed by atoms with Crippen LogP contribution >= 0.6 is 34.2 Å². The molecule has 1 heterocycles. The molecular weight excluding hydrogens is 585 g/mol. The number of ether oxygens (including phenoxy) is 2. The van der Waals surface area contributed by atoms with Crippen LogP contribution in [0.5, 0.6) is 11.5 Å². The van der Waals surface area contributed by atoms with Crippen LogP contribution in [0.4, 0.5) is 0 Å². The Hall–Kier alpha value is -1.92. The third-order valence-electron chi connectivity index (χ3n) is 5.89. The van der Waals surface area contributed by atoms with Gasteiger partial charge in [0.05, 0.1) is 28.3 Å². The van der Waals surface area contributed by atoms with Gasteiger partial charge >= 0.3 is 0 Å². The number of aliphatic hydroxyl groups excluding tert-OH is 3. The van der Waals surface area contributed by atoms with Crippen molar-refractivity contribution in [1.82, 2.24) is 15.0 Å². The number of nitrogens with zero attached hydrogens (tertiary/aromatic N) is 3. The molecule has 0 spiro atoms. The second-order valence-electron chi connectivity index (χ2n) is 8.84. The van der Waals surface area contributed by atoms with Gasteiger partial charge in [0, 0.05) is 5.41 Å². The number of aromatic nitrogens is 3. The highest BCUT2D eigenvalue weighted by molar-refractivity contribution is 14.1. The summed E-state index contributed by atoms with van der Waals surface area (Å²) >= 11 is 7.85. The number of hydrogen-bond donors (Lipinski definition) is 3. The first kappa shape index (κ1) is 27.7. The molecule has 0 bridgehead atoms. The number of hydrogen-bond acceptors (Lipinski definition) is 7. The SMILES string of the molecule is Cc1c(CO)nnn1C[C@H](O)COc1ccc(C(C)(C)c2ccc(OC[C@H](O)CCl)cc2)cc1I. The zero-order chi connectivity index (χ0) is 25.6.